The lowest BCUT2D eigenvalue weighted by atomic mass is 10.2. The Labute approximate surface area is 105 Å². The van der Waals surface area contributed by atoms with Gasteiger partial charge in [-0.1, -0.05) is 6.07 Å². The van der Waals surface area contributed by atoms with Gasteiger partial charge in [0.1, 0.15) is 5.69 Å². The number of hydrogen-bond acceptors (Lipinski definition) is 5. The molecule has 1 N–H and O–H groups in total. The molecule has 0 aromatic carbocycles. The lowest BCUT2D eigenvalue weighted by Gasteiger charge is -2.22. The van der Waals surface area contributed by atoms with Gasteiger partial charge in [-0.2, -0.15) is 0 Å². The summed E-state index contributed by atoms with van der Waals surface area (Å²) in [6, 6.07) is 4.75. The van der Waals surface area contributed by atoms with Crippen LogP contribution in [-0.2, 0) is 14.8 Å². The number of nitrogens with one attached hydrogen (secondary N) is 1. The van der Waals surface area contributed by atoms with Gasteiger partial charge in [0.15, 0.2) is 0 Å². The number of nitrogens with zero attached hydrogens (tertiary/aromatic N) is 1. The molecule has 6 nitrogen and oxygen atoms in total. The molecule has 98 valence electrons. The van der Waals surface area contributed by atoms with E-state index in [9.17, 15) is 13.2 Å². The molecule has 0 atom stereocenters. The third-order valence-electron chi connectivity index (χ3n) is 2.74. The molecule has 0 radical (unpaired) electrons. The first-order chi connectivity index (χ1) is 8.59. The van der Waals surface area contributed by atoms with Gasteiger partial charge in [-0.05, 0) is 25.0 Å². The quantitative estimate of drug-likeness (QED) is 0.855. The van der Waals surface area contributed by atoms with E-state index in [1.54, 1.807) is 12.1 Å². The van der Waals surface area contributed by atoms with Crippen molar-refractivity contribution in [1.82, 2.24) is 9.71 Å². The van der Waals surface area contributed by atoms with Gasteiger partial charge < -0.3 is 4.74 Å². The van der Waals surface area contributed by atoms with Crippen molar-refractivity contribution in [2.75, 3.05) is 13.2 Å². The Morgan fingerprint density at radius 2 is 2.06 bits per heavy atom. The van der Waals surface area contributed by atoms with Gasteiger partial charge in [0, 0.05) is 19.4 Å². The van der Waals surface area contributed by atoms with Gasteiger partial charge in [-0.25, -0.2) is 13.1 Å². The molecular weight excluding hydrogens is 256 g/mol. The van der Waals surface area contributed by atoms with Crippen LogP contribution in [0.3, 0.4) is 0 Å². The third kappa shape index (κ3) is 3.05. The molecule has 1 amide bonds. The normalized spacial score (nSPS) is 17.3. The maximum absolute atomic E-state index is 12.0. The van der Waals surface area contributed by atoms with Gasteiger partial charge in [-0.15, -0.1) is 0 Å². The number of carbonyl (C=O) groups is 1. The molecule has 1 aromatic heterocycles. The first kappa shape index (κ1) is 13.0. The Balaban J connectivity index is 2.06. The van der Waals surface area contributed by atoms with Crippen LogP contribution in [0.2, 0.25) is 0 Å². The van der Waals surface area contributed by atoms with Gasteiger partial charge in [0.2, 0.25) is 10.0 Å². The first-order valence-corrected chi connectivity index (χ1v) is 7.19. The highest BCUT2D eigenvalue weighted by Crippen LogP contribution is 2.14. The summed E-state index contributed by atoms with van der Waals surface area (Å²) in [6.45, 7) is 0.812. The van der Waals surface area contributed by atoms with E-state index in [2.05, 4.69) is 9.71 Å². The molecule has 1 saturated heterocycles. The van der Waals surface area contributed by atoms with Crippen LogP contribution in [0, 0.1) is 0 Å². The van der Waals surface area contributed by atoms with Crippen LogP contribution in [-0.4, -0.2) is 37.8 Å². The fraction of sp³-hybridized carbons (Fsp3) is 0.455. The maximum atomic E-state index is 12.0. The van der Waals surface area contributed by atoms with Crippen molar-refractivity contribution in [3.8, 4) is 0 Å². The number of pyridine rings is 1. The van der Waals surface area contributed by atoms with Crippen LogP contribution in [0.15, 0.2) is 24.4 Å². The van der Waals surface area contributed by atoms with Crippen LogP contribution in [0.1, 0.15) is 23.3 Å². The summed E-state index contributed by atoms with van der Waals surface area (Å²) in [4.78, 5) is 15.5. The molecule has 7 heteroatoms. The predicted octanol–water partition coefficient (Wildman–Crippen LogP) is 0.320. The Morgan fingerprint density at radius 3 is 2.67 bits per heavy atom. The number of sulfonamides is 1. The number of hydrogen-bond donors (Lipinski definition) is 1. The monoisotopic (exact) mass is 270 g/mol. The summed E-state index contributed by atoms with van der Waals surface area (Å²) in [7, 11) is -3.65. The SMILES string of the molecule is O=C(NS(=O)(=O)C1CCOCC1)c1ccccn1. The van der Waals surface area contributed by atoms with Crippen molar-refractivity contribution in [3.05, 3.63) is 30.1 Å². The summed E-state index contributed by atoms with van der Waals surface area (Å²) < 4.78 is 31.1. The molecule has 2 heterocycles. The molecule has 1 fully saturated rings. The van der Waals surface area contributed by atoms with E-state index in [1.807, 2.05) is 0 Å². The largest absolute Gasteiger partial charge is 0.381 e. The fourth-order valence-electron chi connectivity index (χ4n) is 1.75. The van der Waals surface area contributed by atoms with Crippen molar-refractivity contribution in [2.24, 2.45) is 0 Å². The van der Waals surface area contributed by atoms with Crippen LogP contribution in [0.4, 0.5) is 0 Å². The molecule has 18 heavy (non-hydrogen) atoms. The summed E-state index contributed by atoms with van der Waals surface area (Å²) in [5.74, 6) is -0.693. The second-order valence-electron chi connectivity index (χ2n) is 4.00. The van der Waals surface area contributed by atoms with E-state index in [-0.39, 0.29) is 5.69 Å². The highest BCUT2D eigenvalue weighted by Gasteiger charge is 2.29. The molecule has 1 aromatic rings. The summed E-state index contributed by atoms with van der Waals surface area (Å²) in [5.41, 5.74) is 0.0909. The van der Waals surface area contributed by atoms with Gasteiger partial charge in [-0.3, -0.25) is 9.78 Å². The molecule has 0 unspecified atom stereocenters. The lowest BCUT2D eigenvalue weighted by molar-refractivity contribution is 0.0947. The van der Waals surface area contributed by atoms with Crippen molar-refractivity contribution < 1.29 is 17.9 Å². The predicted molar refractivity (Wildman–Crippen MR) is 64.5 cm³/mol. The molecule has 0 bridgehead atoms. The van der Waals surface area contributed by atoms with E-state index in [4.69, 9.17) is 4.74 Å². The number of amides is 1. The van der Waals surface area contributed by atoms with Crippen LogP contribution in [0.25, 0.3) is 0 Å². The van der Waals surface area contributed by atoms with Crippen molar-refractivity contribution in [1.29, 1.82) is 0 Å². The minimum atomic E-state index is -3.65. The molecule has 1 aliphatic rings. The minimum absolute atomic E-state index is 0.0909. The van der Waals surface area contributed by atoms with Crippen molar-refractivity contribution >= 4 is 15.9 Å². The zero-order valence-corrected chi connectivity index (χ0v) is 10.5. The fourth-order valence-corrected chi connectivity index (χ4v) is 3.09. The maximum Gasteiger partial charge on any atom is 0.283 e. The number of ether oxygens (including phenoxy) is 1. The molecule has 0 spiro atoms. The average molecular weight is 270 g/mol. The van der Waals surface area contributed by atoms with E-state index < -0.39 is 21.2 Å². The lowest BCUT2D eigenvalue weighted by Crippen LogP contribution is -2.41. The second kappa shape index (κ2) is 5.45. The molecule has 1 aliphatic heterocycles. The summed E-state index contributed by atoms with van der Waals surface area (Å²) in [5, 5.41) is -0.570. The Bertz CT molecular complexity index is 509. The van der Waals surface area contributed by atoms with E-state index in [0.29, 0.717) is 26.1 Å². The highest BCUT2D eigenvalue weighted by molar-refractivity contribution is 7.90. The van der Waals surface area contributed by atoms with E-state index in [0.717, 1.165) is 0 Å². The van der Waals surface area contributed by atoms with E-state index >= 15 is 0 Å². The summed E-state index contributed by atoms with van der Waals surface area (Å²) >= 11 is 0. The zero-order valence-electron chi connectivity index (χ0n) is 9.70. The summed E-state index contributed by atoms with van der Waals surface area (Å²) in [6.07, 6.45) is 2.26. The number of aromatic nitrogens is 1. The second-order valence-corrected chi connectivity index (χ2v) is 5.96. The minimum Gasteiger partial charge on any atom is -0.381 e. The van der Waals surface area contributed by atoms with Gasteiger partial charge >= 0.3 is 0 Å². The first-order valence-electron chi connectivity index (χ1n) is 5.64. The zero-order chi connectivity index (χ0) is 13.0. The highest BCUT2D eigenvalue weighted by atomic mass is 32.2. The van der Waals surface area contributed by atoms with Crippen LogP contribution < -0.4 is 4.72 Å². The third-order valence-corrected chi connectivity index (χ3v) is 4.56. The van der Waals surface area contributed by atoms with Gasteiger partial charge in [0.25, 0.3) is 5.91 Å². The Morgan fingerprint density at radius 1 is 1.33 bits per heavy atom. The number of rotatable bonds is 3. The molecular formula is C11H14N2O4S. The topological polar surface area (TPSA) is 85.4 Å². The smallest absolute Gasteiger partial charge is 0.283 e. The standard InChI is InChI=1S/C11H14N2O4S/c14-11(10-3-1-2-6-12-10)13-18(15,16)9-4-7-17-8-5-9/h1-3,6,9H,4-5,7-8H2,(H,13,14). The Kier molecular flexibility index (Phi) is 3.93. The number of carbonyl (C=O) groups excluding carboxylic acids is 1. The van der Waals surface area contributed by atoms with E-state index in [1.165, 1.54) is 12.3 Å². The van der Waals surface area contributed by atoms with Crippen LogP contribution >= 0.6 is 0 Å². The Hall–Kier alpha value is -1.47. The van der Waals surface area contributed by atoms with Crippen molar-refractivity contribution in [3.63, 3.8) is 0 Å². The van der Waals surface area contributed by atoms with Gasteiger partial charge in [0.05, 0.1) is 5.25 Å². The van der Waals surface area contributed by atoms with Crippen molar-refractivity contribution in [2.45, 2.75) is 18.1 Å². The average Bonchev–Trinajstić information content (AvgIpc) is 2.40. The molecule has 2 rings (SSSR count). The molecule has 0 saturated carbocycles. The molecule has 0 aliphatic carbocycles. The van der Waals surface area contributed by atoms with Crippen LogP contribution in [0.5, 0.6) is 0 Å².